The van der Waals surface area contributed by atoms with Gasteiger partial charge in [-0.1, -0.05) is 0 Å². The van der Waals surface area contributed by atoms with Crippen molar-refractivity contribution in [1.82, 2.24) is 0 Å². The van der Waals surface area contributed by atoms with E-state index in [0.29, 0.717) is 6.04 Å². The lowest BCUT2D eigenvalue weighted by molar-refractivity contribution is -0.678. The van der Waals surface area contributed by atoms with Crippen molar-refractivity contribution in [3.05, 3.63) is 24.2 Å². The number of hydrogen-bond donors (Lipinski definition) is 1. The number of rotatable bonds is 1. The van der Waals surface area contributed by atoms with Gasteiger partial charge in [0.25, 0.3) is 0 Å². The standard InChI is InChI=1S/C8H11NO/c1-3-7(9-5-1)8-4-2-6-10-8/h2,4,6-7,9H,1,3,5H2/p+1/t7-/m1/s1. The average Bonchev–Trinajstić information content (AvgIpc) is 2.59. The molecule has 1 aliphatic rings. The van der Waals surface area contributed by atoms with Gasteiger partial charge in [0.05, 0.1) is 12.8 Å². The van der Waals surface area contributed by atoms with Crippen LogP contribution in [-0.4, -0.2) is 6.54 Å². The Bertz CT molecular complexity index is 187. The molecule has 1 aliphatic heterocycles. The van der Waals surface area contributed by atoms with Crippen molar-refractivity contribution in [2.45, 2.75) is 18.9 Å². The van der Waals surface area contributed by atoms with Gasteiger partial charge in [0.2, 0.25) is 0 Å². The van der Waals surface area contributed by atoms with Crippen LogP contribution in [0.4, 0.5) is 0 Å². The van der Waals surface area contributed by atoms with Crippen LogP contribution >= 0.6 is 0 Å². The third kappa shape index (κ3) is 0.948. The average molecular weight is 138 g/mol. The second-order valence-corrected chi connectivity index (χ2v) is 2.79. The van der Waals surface area contributed by atoms with Crippen LogP contribution in [-0.2, 0) is 0 Å². The summed E-state index contributed by atoms with van der Waals surface area (Å²) in [6.07, 6.45) is 4.35. The van der Waals surface area contributed by atoms with Gasteiger partial charge in [0.15, 0.2) is 5.76 Å². The van der Waals surface area contributed by atoms with Gasteiger partial charge >= 0.3 is 0 Å². The van der Waals surface area contributed by atoms with E-state index < -0.39 is 0 Å². The van der Waals surface area contributed by atoms with E-state index in [1.54, 1.807) is 6.26 Å². The lowest BCUT2D eigenvalue weighted by Gasteiger charge is -2.00. The van der Waals surface area contributed by atoms with Gasteiger partial charge < -0.3 is 9.73 Å². The Hall–Kier alpha value is -0.760. The lowest BCUT2D eigenvalue weighted by Crippen LogP contribution is -2.81. The quantitative estimate of drug-likeness (QED) is 0.607. The van der Waals surface area contributed by atoms with E-state index in [1.807, 2.05) is 6.07 Å². The first-order valence-electron chi connectivity index (χ1n) is 3.83. The molecule has 2 heterocycles. The normalized spacial score (nSPS) is 25.4. The summed E-state index contributed by atoms with van der Waals surface area (Å²) in [4.78, 5) is 0. The Kier molecular flexibility index (Phi) is 1.47. The first kappa shape index (κ1) is 5.98. The summed E-state index contributed by atoms with van der Waals surface area (Å²) in [6.45, 7) is 1.26. The molecule has 1 fully saturated rings. The summed E-state index contributed by atoms with van der Waals surface area (Å²) in [5, 5.41) is 2.35. The minimum absolute atomic E-state index is 0.606. The van der Waals surface area contributed by atoms with E-state index in [9.17, 15) is 0 Å². The number of furan rings is 1. The van der Waals surface area contributed by atoms with Gasteiger partial charge in [-0.3, -0.25) is 0 Å². The maximum absolute atomic E-state index is 5.29. The fourth-order valence-corrected chi connectivity index (χ4v) is 1.54. The fraction of sp³-hybridized carbons (Fsp3) is 0.500. The molecule has 1 aromatic heterocycles. The van der Waals surface area contributed by atoms with E-state index >= 15 is 0 Å². The highest BCUT2D eigenvalue weighted by Crippen LogP contribution is 2.16. The lowest BCUT2D eigenvalue weighted by atomic mass is 10.2. The Balaban J connectivity index is 2.12. The van der Waals surface area contributed by atoms with Crippen molar-refractivity contribution in [3.63, 3.8) is 0 Å². The third-order valence-corrected chi connectivity index (χ3v) is 2.08. The van der Waals surface area contributed by atoms with E-state index in [4.69, 9.17) is 4.42 Å². The molecule has 2 N–H and O–H groups in total. The second kappa shape index (κ2) is 2.46. The van der Waals surface area contributed by atoms with Crippen molar-refractivity contribution in [2.75, 3.05) is 6.54 Å². The van der Waals surface area contributed by atoms with Crippen LogP contribution in [0.1, 0.15) is 24.6 Å². The van der Waals surface area contributed by atoms with Gasteiger partial charge in [-0.15, -0.1) is 0 Å². The Labute approximate surface area is 60.2 Å². The van der Waals surface area contributed by atoms with Crippen molar-refractivity contribution in [1.29, 1.82) is 0 Å². The SMILES string of the molecule is c1coc([C@H]2CCC[NH2+]2)c1. The summed E-state index contributed by atoms with van der Waals surface area (Å²) in [5.41, 5.74) is 0. The highest BCUT2D eigenvalue weighted by molar-refractivity contribution is 5.01. The van der Waals surface area contributed by atoms with Crippen LogP contribution in [0.25, 0.3) is 0 Å². The molecule has 1 atom stereocenters. The molecule has 2 nitrogen and oxygen atoms in total. The van der Waals surface area contributed by atoms with Gasteiger partial charge in [-0.05, 0) is 12.1 Å². The van der Waals surface area contributed by atoms with Crippen molar-refractivity contribution >= 4 is 0 Å². The first-order valence-corrected chi connectivity index (χ1v) is 3.83. The molecule has 0 aromatic carbocycles. The summed E-state index contributed by atoms with van der Waals surface area (Å²) >= 11 is 0. The van der Waals surface area contributed by atoms with E-state index in [-0.39, 0.29) is 0 Å². The molecular weight excluding hydrogens is 126 g/mol. The van der Waals surface area contributed by atoms with Crippen LogP contribution in [0.2, 0.25) is 0 Å². The van der Waals surface area contributed by atoms with Gasteiger partial charge in [-0.25, -0.2) is 0 Å². The van der Waals surface area contributed by atoms with Crippen LogP contribution in [0.5, 0.6) is 0 Å². The highest BCUT2D eigenvalue weighted by atomic mass is 16.3. The molecular formula is C8H12NO+. The maximum atomic E-state index is 5.29. The third-order valence-electron chi connectivity index (χ3n) is 2.08. The number of quaternary nitrogens is 1. The highest BCUT2D eigenvalue weighted by Gasteiger charge is 2.21. The van der Waals surface area contributed by atoms with Crippen LogP contribution < -0.4 is 5.32 Å². The Morgan fingerprint density at radius 2 is 2.60 bits per heavy atom. The molecule has 1 saturated heterocycles. The van der Waals surface area contributed by atoms with Crippen LogP contribution in [0, 0.1) is 0 Å². The minimum Gasteiger partial charge on any atom is -0.463 e. The molecule has 2 rings (SSSR count). The predicted molar refractivity (Wildman–Crippen MR) is 37.5 cm³/mol. The van der Waals surface area contributed by atoms with Gasteiger partial charge in [0, 0.05) is 12.8 Å². The van der Waals surface area contributed by atoms with Crippen molar-refractivity contribution in [2.24, 2.45) is 0 Å². The zero-order valence-corrected chi connectivity index (χ0v) is 5.92. The monoisotopic (exact) mass is 138 g/mol. The van der Waals surface area contributed by atoms with E-state index in [0.717, 1.165) is 5.76 Å². The topological polar surface area (TPSA) is 29.8 Å². The molecule has 0 aliphatic carbocycles. The van der Waals surface area contributed by atoms with E-state index in [1.165, 1.54) is 19.4 Å². The van der Waals surface area contributed by atoms with Crippen LogP contribution in [0.15, 0.2) is 22.8 Å². The zero-order valence-electron chi connectivity index (χ0n) is 5.92. The Morgan fingerprint density at radius 1 is 1.60 bits per heavy atom. The Morgan fingerprint density at radius 3 is 3.20 bits per heavy atom. The largest absolute Gasteiger partial charge is 0.463 e. The summed E-state index contributed by atoms with van der Waals surface area (Å²) in [5.74, 6) is 1.14. The molecule has 0 saturated carbocycles. The minimum atomic E-state index is 0.606. The molecule has 10 heavy (non-hydrogen) atoms. The van der Waals surface area contributed by atoms with E-state index in [2.05, 4.69) is 11.4 Å². The molecule has 0 spiro atoms. The fourth-order valence-electron chi connectivity index (χ4n) is 1.54. The van der Waals surface area contributed by atoms with Gasteiger partial charge in [-0.2, -0.15) is 0 Å². The van der Waals surface area contributed by atoms with Crippen molar-refractivity contribution in [3.8, 4) is 0 Å². The molecule has 0 unspecified atom stereocenters. The molecule has 54 valence electrons. The molecule has 1 aromatic rings. The maximum Gasteiger partial charge on any atom is 0.160 e. The zero-order chi connectivity index (χ0) is 6.81. The second-order valence-electron chi connectivity index (χ2n) is 2.79. The summed E-state index contributed by atoms with van der Waals surface area (Å²) < 4.78 is 5.29. The van der Waals surface area contributed by atoms with Crippen LogP contribution in [0.3, 0.4) is 0 Å². The number of nitrogens with two attached hydrogens (primary N) is 1. The van der Waals surface area contributed by atoms with Gasteiger partial charge in [0.1, 0.15) is 6.04 Å². The van der Waals surface area contributed by atoms with Crippen molar-refractivity contribution < 1.29 is 9.73 Å². The molecule has 0 bridgehead atoms. The molecule has 0 amide bonds. The predicted octanol–water partition coefficient (Wildman–Crippen LogP) is 0.678. The smallest absolute Gasteiger partial charge is 0.160 e. The molecule has 2 heteroatoms. The first-order chi connectivity index (χ1) is 4.97. The number of hydrogen-bond acceptors (Lipinski definition) is 1. The summed E-state index contributed by atoms with van der Waals surface area (Å²) in [7, 11) is 0. The summed E-state index contributed by atoms with van der Waals surface area (Å²) in [6, 6.07) is 4.63. The molecule has 0 radical (unpaired) electrons.